The van der Waals surface area contributed by atoms with Crippen LogP contribution in [-0.4, -0.2) is 5.97 Å². The van der Waals surface area contributed by atoms with Crippen molar-refractivity contribution >= 4 is 40.1 Å². The van der Waals surface area contributed by atoms with Gasteiger partial charge in [-0.05, 0) is 49.2 Å². The van der Waals surface area contributed by atoms with Crippen LogP contribution in [0.15, 0.2) is 69.9 Å². The maximum absolute atomic E-state index is 12.9. The minimum atomic E-state index is -0.571. The highest BCUT2D eigenvalue weighted by molar-refractivity contribution is 6.35. The first-order valence-electron chi connectivity index (χ1n) is 10.2. The molecule has 0 aliphatic heterocycles. The second-order valence-electron chi connectivity index (χ2n) is 7.57. The Morgan fingerprint density at radius 3 is 2.52 bits per heavy atom. The van der Waals surface area contributed by atoms with Crippen LogP contribution < -0.4 is 10.4 Å². The topological polar surface area (TPSA) is 65.7 Å². The highest BCUT2D eigenvalue weighted by atomic mass is 35.5. The van der Waals surface area contributed by atoms with Gasteiger partial charge in [-0.1, -0.05) is 53.5 Å². The molecule has 0 bridgehead atoms. The van der Waals surface area contributed by atoms with Crippen molar-refractivity contribution in [3.8, 4) is 5.75 Å². The van der Waals surface area contributed by atoms with E-state index in [0.29, 0.717) is 26.9 Å². The lowest BCUT2D eigenvalue weighted by Gasteiger charge is -2.13. The molecular formula is C26H20Cl2O5. The smallest absolute Gasteiger partial charge is 0.342 e. The van der Waals surface area contributed by atoms with Gasteiger partial charge in [0.15, 0.2) is 0 Å². The zero-order valence-corrected chi connectivity index (χ0v) is 19.5. The summed E-state index contributed by atoms with van der Waals surface area (Å²) in [7, 11) is 0. The van der Waals surface area contributed by atoms with Gasteiger partial charge in [-0.2, -0.15) is 0 Å². The molecule has 4 rings (SSSR count). The molecule has 0 N–H and O–H groups in total. The van der Waals surface area contributed by atoms with Gasteiger partial charge in [-0.15, -0.1) is 0 Å². The van der Waals surface area contributed by atoms with Crippen molar-refractivity contribution in [2.45, 2.75) is 27.1 Å². The summed E-state index contributed by atoms with van der Waals surface area (Å²) in [5.74, 6) is -0.213. The Balaban J connectivity index is 1.53. The minimum Gasteiger partial charge on any atom is -0.488 e. The van der Waals surface area contributed by atoms with Crippen LogP contribution in [0.3, 0.4) is 0 Å². The van der Waals surface area contributed by atoms with Gasteiger partial charge in [0.25, 0.3) is 0 Å². The summed E-state index contributed by atoms with van der Waals surface area (Å²) >= 11 is 12.1. The average Bonchev–Trinajstić information content (AvgIpc) is 2.79. The number of benzene rings is 3. The lowest BCUT2D eigenvalue weighted by molar-refractivity contribution is 0.0468. The summed E-state index contributed by atoms with van der Waals surface area (Å²) in [5, 5.41) is 1.73. The van der Waals surface area contributed by atoms with Crippen LogP contribution in [0.5, 0.6) is 5.75 Å². The fraction of sp³-hybridized carbons (Fsp3) is 0.154. The molecule has 0 unspecified atom stereocenters. The standard InChI is InChI=1S/C26H20Cl2O5/c1-15-7-10-20-18(11-24(29)33-25(20)16(15)2)14-32-26(30)21-5-3-4-6-23(21)31-13-17-8-9-19(27)12-22(17)28/h3-12H,13-14H2,1-2H3. The fourth-order valence-corrected chi connectivity index (χ4v) is 3.88. The van der Waals surface area contributed by atoms with E-state index < -0.39 is 11.6 Å². The summed E-state index contributed by atoms with van der Waals surface area (Å²) in [4.78, 5) is 24.9. The predicted octanol–water partition coefficient (Wildman–Crippen LogP) is 6.65. The Kier molecular flexibility index (Phi) is 6.72. The maximum atomic E-state index is 12.9. The first-order valence-corrected chi connectivity index (χ1v) is 10.9. The Bertz CT molecular complexity index is 1410. The van der Waals surface area contributed by atoms with E-state index in [1.807, 2.05) is 26.0 Å². The number of carbonyl (C=O) groups is 1. The van der Waals surface area contributed by atoms with E-state index in [-0.39, 0.29) is 18.8 Å². The summed E-state index contributed by atoms with van der Waals surface area (Å²) in [6.45, 7) is 3.90. The molecular weight excluding hydrogens is 463 g/mol. The molecule has 0 fully saturated rings. The van der Waals surface area contributed by atoms with Gasteiger partial charge < -0.3 is 13.9 Å². The zero-order valence-electron chi connectivity index (χ0n) is 18.0. The lowest BCUT2D eigenvalue weighted by atomic mass is 10.0. The number of para-hydroxylation sites is 1. The number of aryl methyl sites for hydroxylation is 2. The molecule has 0 radical (unpaired) electrons. The molecule has 7 heteroatoms. The number of carbonyl (C=O) groups excluding carboxylic acids is 1. The quantitative estimate of drug-likeness (QED) is 0.227. The molecule has 0 spiro atoms. The average molecular weight is 483 g/mol. The highest BCUT2D eigenvalue weighted by Crippen LogP contribution is 2.26. The molecule has 1 aromatic heterocycles. The monoisotopic (exact) mass is 482 g/mol. The number of ether oxygens (including phenoxy) is 2. The van der Waals surface area contributed by atoms with Crippen LogP contribution in [0, 0.1) is 13.8 Å². The third-order valence-electron chi connectivity index (χ3n) is 5.38. The van der Waals surface area contributed by atoms with Gasteiger partial charge in [0, 0.05) is 32.6 Å². The van der Waals surface area contributed by atoms with Gasteiger partial charge >= 0.3 is 11.6 Å². The molecule has 0 aliphatic carbocycles. The maximum Gasteiger partial charge on any atom is 0.342 e. The first-order chi connectivity index (χ1) is 15.8. The van der Waals surface area contributed by atoms with Gasteiger partial charge in [0.05, 0.1) is 0 Å². The SMILES string of the molecule is Cc1ccc2c(COC(=O)c3ccccc3OCc3ccc(Cl)cc3Cl)cc(=O)oc2c1C. The normalized spacial score (nSPS) is 10.9. The Labute approximate surface area is 200 Å². The molecule has 0 saturated heterocycles. The fourth-order valence-electron chi connectivity index (χ4n) is 3.42. The van der Waals surface area contributed by atoms with E-state index in [1.54, 1.807) is 42.5 Å². The summed E-state index contributed by atoms with van der Waals surface area (Å²) in [5.41, 5.74) is 3.45. The molecule has 1 heterocycles. The predicted molar refractivity (Wildman–Crippen MR) is 128 cm³/mol. The Morgan fingerprint density at radius 2 is 1.73 bits per heavy atom. The van der Waals surface area contributed by atoms with Crippen LogP contribution >= 0.6 is 23.2 Å². The van der Waals surface area contributed by atoms with Crippen molar-refractivity contribution in [3.05, 3.63) is 109 Å². The van der Waals surface area contributed by atoms with E-state index in [4.69, 9.17) is 37.1 Å². The van der Waals surface area contributed by atoms with Crippen molar-refractivity contribution in [2.24, 2.45) is 0 Å². The molecule has 0 saturated carbocycles. The van der Waals surface area contributed by atoms with Gasteiger partial charge in [-0.3, -0.25) is 0 Å². The largest absolute Gasteiger partial charge is 0.488 e. The Hall–Kier alpha value is -3.28. The van der Waals surface area contributed by atoms with Crippen molar-refractivity contribution in [1.29, 1.82) is 0 Å². The van der Waals surface area contributed by atoms with Crippen LogP contribution in [0.25, 0.3) is 11.0 Å². The molecule has 3 aromatic carbocycles. The molecule has 168 valence electrons. The van der Waals surface area contributed by atoms with Gasteiger partial charge in [-0.25, -0.2) is 9.59 Å². The zero-order chi connectivity index (χ0) is 23.5. The molecule has 4 aromatic rings. The summed E-state index contributed by atoms with van der Waals surface area (Å²) in [6, 6.07) is 17.0. The van der Waals surface area contributed by atoms with Crippen LogP contribution in [0.4, 0.5) is 0 Å². The third-order valence-corrected chi connectivity index (χ3v) is 5.97. The number of esters is 1. The second-order valence-corrected chi connectivity index (χ2v) is 8.42. The van der Waals surface area contributed by atoms with Gasteiger partial charge in [0.1, 0.15) is 30.1 Å². The Morgan fingerprint density at radius 1 is 0.939 bits per heavy atom. The molecule has 0 amide bonds. The van der Waals surface area contributed by atoms with E-state index in [0.717, 1.165) is 22.1 Å². The highest BCUT2D eigenvalue weighted by Gasteiger charge is 2.16. The van der Waals surface area contributed by atoms with Crippen LogP contribution in [0.2, 0.25) is 10.0 Å². The molecule has 0 aliphatic rings. The van der Waals surface area contributed by atoms with E-state index in [1.165, 1.54) is 6.07 Å². The number of hydrogen-bond acceptors (Lipinski definition) is 5. The molecule has 0 atom stereocenters. The summed E-state index contributed by atoms with van der Waals surface area (Å²) < 4.78 is 16.8. The van der Waals surface area contributed by atoms with Crippen molar-refractivity contribution in [2.75, 3.05) is 0 Å². The van der Waals surface area contributed by atoms with E-state index in [9.17, 15) is 9.59 Å². The van der Waals surface area contributed by atoms with Gasteiger partial charge in [0.2, 0.25) is 0 Å². The first kappa shape index (κ1) is 22.9. The van der Waals surface area contributed by atoms with Crippen LogP contribution in [0.1, 0.15) is 32.6 Å². The lowest BCUT2D eigenvalue weighted by Crippen LogP contribution is -2.10. The third kappa shape index (κ3) is 5.05. The minimum absolute atomic E-state index is 0.0826. The van der Waals surface area contributed by atoms with Crippen molar-refractivity contribution in [3.63, 3.8) is 0 Å². The number of rotatable bonds is 6. The van der Waals surface area contributed by atoms with E-state index in [2.05, 4.69) is 0 Å². The second kappa shape index (κ2) is 9.69. The number of hydrogen-bond donors (Lipinski definition) is 0. The molecule has 33 heavy (non-hydrogen) atoms. The van der Waals surface area contributed by atoms with Crippen molar-refractivity contribution in [1.82, 2.24) is 0 Å². The number of fused-ring (bicyclic) bond motifs is 1. The summed E-state index contributed by atoms with van der Waals surface area (Å²) in [6.07, 6.45) is 0. The number of halogens is 2. The molecule has 5 nitrogen and oxygen atoms in total. The van der Waals surface area contributed by atoms with Crippen molar-refractivity contribution < 1.29 is 18.7 Å². The van der Waals surface area contributed by atoms with E-state index >= 15 is 0 Å². The van der Waals surface area contributed by atoms with Crippen LogP contribution in [-0.2, 0) is 18.0 Å².